The zero-order valence-electron chi connectivity index (χ0n) is 41.8. The molecule has 4 fully saturated rings. The highest BCUT2D eigenvalue weighted by Gasteiger charge is 2.61. The molecule has 382 valence electrons. The third-order valence-electron chi connectivity index (χ3n) is 16.7. The van der Waals surface area contributed by atoms with Crippen molar-refractivity contribution in [3.8, 4) is 5.69 Å². The van der Waals surface area contributed by atoms with Crippen molar-refractivity contribution in [3.05, 3.63) is 122 Å². The quantitative estimate of drug-likeness (QED) is 0.147. The van der Waals surface area contributed by atoms with Crippen molar-refractivity contribution >= 4 is 51.6 Å². The standard InChI is InChI=1S/C55H61F3N10O5/c1-32-23-36(25-41(57)50(32)35-10-17-65(18-11-35)33(2)46-26-38-44(7-14-60-51(38)62(46)4)67-31-42(58)43(59-3)28-49(67)70)53(72)66-15-8-34(9-16-66)29-63-19-21-64(22-20-63)30-37-24-39-47(27-40(37)56)68(54(73)55(39)12-13-55)45-5-6-48(69)61-52(45)71/h7,10,14,23-28,31,33-34,45,59H,5-6,8-9,11-13,15-22,29-30H2,1-4H3,(H,61,69,71)/t33-,45-/m0/s1. The number of benzene rings is 2. The minimum absolute atomic E-state index is 0.0557. The predicted octanol–water partition coefficient (Wildman–Crippen LogP) is 6.20. The fourth-order valence-corrected chi connectivity index (χ4v) is 12.3. The van der Waals surface area contributed by atoms with E-state index in [0.29, 0.717) is 91.6 Å². The summed E-state index contributed by atoms with van der Waals surface area (Å²) >= 11 is 0. The smallest absolute Gasteiger partial charge is 0.257 e. The summed E-state index contributed by atoms with van der Waals surface area (Å²) in [6.07, 6.45) is 8.88. The molecule has 15 nitrogen and oxygen atoms in total. The van der Waals surface area contributed by atoms with Crippen LogP contribution in [0.4, 0.5) is 24.5 Å². The van der Waals surface area contributed by atoms with E-state index in [2.05, 4.69) is 43.3 Å². The maximum absolute atomic E-state index is 16.1. The van der Waals surface area contributed by atoms with Crippen LogP contribution in [0.2, 0.25) is 0 Å². The molecule has 4 amide bonds. The first kappa shape index (κ1) is 48.6. The fraction of sp³-hybridized carbons (Fsp3) is 0.455. The van der Waals surface area contributed by atoms with Gasteiger partial charge in [-0.3, -0.25) is 48.6 Å². The first-order valence-corrected chi connectivity index (χ1v) is 25.6. The molecule has 2 aromatic carbocycles. The molecule has 2 atom stereocenters. The Morgan fingerprint density at radius 3 is 2.32 bits per heavy atom. The van der Waals surface area contributed by atoms with Crippen molar-refractivity contribution in [2.24, 2.45) is 13.0 Å². The topological polar surface area (TPSA) is 148 Å². The average molecular weight is 999 g/mol. The van der Waals surface area contributed by atoms with Gasteiger partial charge in [-0.25, -0.2) is 18.2 Å². The summed E-state index contributed by atoms with van der Waals surface area (Å²) in [5, 5.41) is 5.78. The number of halogens is 3. The molecule has 5 aliphatic heterocycles. The Kier molecular flexibility index (Phi) is 12.7. The summed E-state index contributed by atoms with van der Waals surface area (Å²) in [6.45, 7) is 11.0. The molecule has 73 heavy (non-hydrogen) atoms. The Morgan fingerprint density at radius 2 is 1.63 bits per heavy atom. The molecule has 1 aliphatic carbocycles. The number of amides is 4. The van der Waals surface area contributed by atoms with Gasteiger partial charge in [0.25, 0.3) is 11.5 Å². The maximum Gasteiger partial charge on any atom is 0.257 e. The summed E-state index contributed by atoms with van der Waals surface area (Å²) in [5.41, 5.74) is 5.56. The lowest BCUT2D eigenvalue weighted by Crippen LogP contribution is -2.54. The van der Waals surface area contributed by atoms with E-state index in [-0.39, 0.29) is 47.9 Å². The zero-order chi connectivity index (χ0) is 51.0. The van der Waals surface area contributed by atoms with E-state index in [0.717, 1.165) is 73.3 Å². The van der Waals surface area contributed by atoms with Crippen LogP contribution in [0.25, 0.3) is 22.3 Å². The largest absolute Gasteiger partial charge is 0.386 e. The van der Waals surface area contributed by atoms with Crippen LogP contribution in [-0.4, -0.2) is 129 Å². The lowest BCUT2D eigenvalue weighted by atomic mass is 9.92. The summed E-state index contributed by atoms with van der Waals surface area (Å²) in [7, 11) is 3.49. The summed E-state index contributed by atoms with van der Waals surface area (Å²) in [6, 6.07) is 10.5. The number of nitrogens with one attached hydrogen (secondary N) is 2. The first-order chi connectivity index (χ1) is 35.1. The van der Waals surface area contributed by atoms with Crippen molar-refractivity contribution < 1.29 is 32.3 Å². The van der Waals surface area contributed by atoms with Gasteiger partial charge in [0.15, 0.2) is 5.82 Å². The van der Waals surface area contributed by atoms with E-state index < -0.39 is 34.8 Å². The van der Waals surface area contributed by atoms with Crippen LogP contribution < -0.4 is 21.1 Å². The van der Waals surface area contributed by atoms with Gasteiger partial charge in [-0.2, -0.15) is 0 Å². The highest BCUT2D eigenvalue weighted by molar-refractivity contribution is 6.15. The van der Waals surface area contributed by atoms with Crippen molar-refractivity contribution in [3.63, 3.8) is 0 Å². The van der Waals surface area contributed by atoms with Crippen molar-refractivity contribution in [1.29, 1.82) is 0 Å². The number of aryl methyl sites for hydroxylation is 2. The molecule has 3 aromatic heterocycles. The normalized spacial score (nSPS) is 21.2. The number of fused-ring (bicyclic) bond motifs is 3. The molecule has 0 radical (unpaired) electrons. The third kappa shape index (κ3) is 8.73. The molecular formula is C55H61F3N10O5. The van der Waals surface area contributed by atoms with Crippen LogP contribution >= 0.6 is 0 Å². The van der Waals surface area contributed by atoms with Crippen molar-refractivity contribution in [1.82, 2.24) is 39.0 Å². The van der Waals surface area contributed by atoms with Crippen LogP contribution in [0.15, 0.2) is 65.7 Å². The predicted molar refractivity (Wildman–Crippen MR) is 271 cm³/mol. The fourth-order valence-electron chi connectivity index (χ4n) is 12.3. The number of imide groups is 1. The Labute approximate surface area is 421 Å². The number of hydrogen-bond donors (Lipinski definition) is 2. The summed E-state index contributed by atoms with van der Waals surface area (Å²) < 4.78 is 50.0. The van der Waals surface area contributed by atoms with Gasteiger partial charge in [0.1, 0.15) is 23.3 Å². The number of likely N-dealkylation sites (tertiary alicyclic amines) is 1. The lowest BCUT2D eigenvalue weighted by Gasteiger charge is -2.39. The molecule has 5 aromatic rings. The molecular weight excluding hydrogens is 938 g/mol. The minimum Gasteiger partial charge on any atom is -0.386 e. The second kappa shape index (κ2) is 19.0. The van der Waals surface area contributed by atoms with E-state index in [4.69, 9.17) is 0 Å². The zero-order valence-corrected chi connectivity index (χ0v) is 41.8. The van der Waals surface area contributed by atoms with E-state index in [1.54, 1.807) is 19.3 Å². The van der Waals surface area contributed by atoms with Crippen LogP contribution in [0.5, 0.6) is 0 Å². The van der Waals surface area contributed by atoms with Gasteiger partial charge in [-0.1, -0.05) is 6.08 Å². The van der Waals surface area contributed by atoms with Gasteiger partial charge < -0.3 is 19.7 Å². The summed E-state index contributed by atoms with van der Waals surface area (Å²) in [4.78, 5) is 80.0. The van der Waals surface area contributed by atoms with Gasteiger partial charge in [-0.15, -0.1) is 0 Å². The van der Waals surface area contributed by atoms with Crippen LogP contribution in [0.1, 0.15) is 96.2 Å². The monoisotopic (exact) mass is 998 g/mol. The number of piperidine rings is 2. The van der Waals surface area contributed by atoms with E-state index in [1.807, 2.05) is 41.6 Å². The average Bonchev–Trinajstić information content (AvgIpc) is 4.09. The number of nitrogens with zero attached hydrogens (tertiary/aromatic N) is 8. The molecule has 0 bridgehead atoms. The molecule has 1 saturated carbocycles. The van der Waals surface area contributed by atoms with Crippen molar-refractivity contribution in [2.45, 2.75) is 82.8 Å². The second-order valence-corrected chi connectivity index (χ2v) is 21.0. The number of carbonyl (C=O) groups excluding carboxylic acids is 4. The molecule has 8 heterocycles. The second-order valence-electron chi connectivity index (χ2n) is 21.0. The number of carbonyl (C=O) groups is 4. The SMILES string of the molecule is CNc1cc(=O)n(-c2ccnc3c2cc([C@H](C)N2CC=C(c4c(C)cc(C(=O)N5CCC(CN6CCN(Cc7cc8c(cc7F)N([C@H]7CCC(=O)NC7=O)C(=O)C87CC7)CC6)CC5)cc4F)CC2)n3C)cc1F. The minimum atomic E-state index is -0.821. The summed E-state index contributed by atoms with van der Waals surface area (Å²) in [5.74, 6) is -2.12. The van der Waals surface area contributed by atoms with Gasteiger partial charge >= 0.3 is 0 Å². The lowest BCUT2D eigenvalue weighted by molar-refractivity contribution is -0.135. The molecule has 6 aliphatic rings. The van der Waals surface area contributed by atoms with Gasteiger partial charge in [0.2, 0.25) is 17.7 Å². The van der Waals surface area contributed by atoms with Gasteiger partial charge in [0, 0.05) is 132 Å². The van der Waals surface area contributed by atoms with E-state index in [1.165, 1.54) is 33.9 Å². The molecule has 0 unspecified atom stereocenters. The molecule has 18 heteroatoms. The van der Waals surface area contributed by atoms with Crippen LogP contribution in [0.3, 0.4) is 0 Å². The Balaban J connectivity index is 0.670. The van der Waals surface area contributed by atoms with Crippen LogP contribution in [-0.2, 0) is 33.4 Å². The van der Waals surface area contributed by atoms with Crippen LogP contribution in [0, 0.1) is 30.3 Å². The Bertz CT molecular complexity index is 3160. The molecule has 1 spiro atoms. The number of aromatic nitrogens is 3. The maximum atomic E-state index is 16.1. The number of rotatable bonds is 11. The molecule has 11 rings (SSSR count). The third-order valence-corrected chi connectivity index (χ3v) is 16.7. The highest BCUT2D eigenvalue weighted by atomic mass is 19.1. The number of hydrogen-bond acceptors (Lipinski definition) is 10. The Morgan fingerprint density at radius 1 is 0.877 bits per heavy atom. The number of anilines is 2. The van der Waals surface area contributed by atoms with Gasteiger partial charge in [-0.05, 0) is 111 Å². The highest BCUT2D eigenvalue weighted by Crippen LogP contribution is 2.58. The Hall–Kier alpha value is -6.63. The van der Waals surface area contributed by atoms with E-state index >= 15 is 8.78 Å². The number of piperazine rings is 1. The van der Waals surface area contributed by atoms with E-state index in [9.17, 15) is 28.4 Å². The number of pyridine rings is 2. The van der Waals surface area contributed by atoms with Crippen molar-refractivity contribution in [2.75, 3.05) is 76.2 Å². The molecule has 2 N–H and O–H groups in total. The van der Waals surface area contributed by atoms with Gasteiger partial charge in [0.05, 0.1) is 28.7 Å². The molecule has 3 saturated heterocycles. The first-order valence-electron chi connectivity index (χ1n) is 25.6.